The Kier molecular flexibility index (Phi) is 2.83. The molecule has 1 radical (unpaired) electrons. The molecule has 2 amide bonds. The van der Waals surface area contributed by atoms with Gasteiger partial charge in [-0.1, -0.05) is 18.2 Å². The number of nitrogens with one attached hydrogen (secondary N) is 1. The molecule has 5 nitrogen and oxygen atoms in total. The smallest absolute Gasteiger partial charge is 0.250 e. The quantitative estimate of drug-likeness (QED) is 0.749. The lowest BCUT2D eigenvalue weighted by molar-refractivity contribution is -0.114. The summed E-state index contributed by atoms with van der Waals surface area (Å²) in [5.41, 5.74) is 8.03. The van der Waals surface area contributed by atoms with Crippen molar-refractivity contribution in [2.24, 2.45) is 5.73 Å². The number of nitrogens with two attached hydrogens (primary N) is 1. The number of anilines is 1. The predicted octanol–water partition coefficient (Wildman–Crippen LogP) is 1.76. The van der Waals surface area contributed by atoms with Gasteiger partial charge in [0.15, 0.2) is 5.78 Å². The molecular weight excluding hydrogens is 268 g/mol. The standard InChI is InChI=1S/C16H11N2O3/c1-8(19)18-9-5-6-10-11-3-2-4-12(16(17)21)14(11)15(20)13(10)7-9/h2-3,5-7H,1H3,(H2,17,21)(H,18,19). The Morgan fingerprint density at radius 2 is 1.90 bits per heavy atom. The second kappa shape index (κ2) is 4.56. The number of rotatable bonds is 2. The van der Waals surface area contributed by atoms with Crippen molar-refractivity contribution >= 4 is 23.3 Å². The summed E-state index contributed by atoms with van der Waals surface area (Å²) in [6, 6.07) is 11.1. The van der Waals surface area contributed by atoms with E-state index >= 15 is 0 Å². The highest BCUT2D eigenvalue weighted by Crippen LogP contribution is 2.39. The third-order valence-electron chi connectivity index (χ3n) is 3.35. The third-order valence-corrected chi connectivity index (χ3v) is 3.35. The van der Waals surface area contributed by atoms with Gasteiger partial charge in [0.2, 0.25) is 11.8 Å². The van der Waals surface area contributed by atoms with Crippen molar-refractivity contribution in [3.05, 3.63) is 53.1 Å². The first-order valence-corrected chi connectivity index (χ1v) is 6.30. The molecule has 0 saturated heterocycles. The van der Waals surface area contributed by atoms with Crippen LogP contribution in [0.4, 0.5) is 5.69 Å². The van der Waals surface area contributed by atoms with Gasteiger partial charge in [-0.25, -0.2) is 0 Å². The molecule has 0 unspecified atom stereocenters. The number of fused-ring (bicyclic) bond motifs is 3. The van der Waals surface area contributed by atoms with Gasteiger partial charge in [0.1, 0.15) is 0 Å². The van der Waals surface area contributed by atoms with Crippen LogP contribution in [0.25, 0.3) is 11.1 Å². The number of amides is 2. The van der Waals surface area contributed by atoms with Crippen LogP contribution < -0.4 is 11.1 Å². The number of primary amides is 1. The molecule has 0 atom stereocenters. The topological polar surface area (TPSA) is 89.3 Å². The number of hydrogen-bond acceptors (Lipinski definition) is 3. The minimum atomic E-state index is -0.685. The highest BCUT2D eigenvalue weighted by molar-refractivity contribution is 6.25. The molecule has 0 fully saturated rings. The lowest BCUT2D eigenvalue weighted by atomic mass is 10.0. The van der Waals surface area contributed by atoms with Crippen molar-refractivity contribution in [2.45, 2.75) is 6.92 Å². The van der Waals surface area contributed by atoms with E-state index in [2.05, 4.69) is 11.4 Å². The fraction of sp³-hybridized carbons (Fsp3) is 0.0625. The van der Waals surface area contributed by atoms with Crippen LogP contribution in [0.5, 0.6) is 0 Å². The van der Waals surface area contributed by atoms with E-state index in [4.69, 9.17) is 5.73 Å². The van der Waals surface area contributed by atoms with Gasteiger partial charge in [0.25, 0.3) is 0 Å². The average Bonchev–Trinajstić information content (AvgIpc) is 2.71. The predicted molar refractivity (Wildman–Crippen MR) is 77.0 cm³/mol. The minimum Gasteiger partial charge on any atom is -0.366 e. The molecule has 0 spiro atoms. The van der Waals surface area contributed by atoms with Crippen LogP contribution >= 0.6 is 0 Å². The van der Waals surface area contributed by atoms with Crippen LogP contribution in [0.2, 0.25) is 0 Å². The molecule has 103 valence electrons. The summed E-state index contributed by atoms with van der Waals surface area (Å²) in [5.74, 6) is -1.18. The normalized spacial score (nSPS) is 11.8. The maximum atomic E-state index is 12.5. The van der Waals surface area contributed by atoms with Gasteiger partial charge >= 0.3 is 0 Å². The molecule has 0 heterocycles. The van der Waals surface area contributed by atoms with E-state index in [1.165, 1.54) is 6.92 Å². The van der Waals surface area contributed by atoms with Crippen molar-refractivity contribution in [3.8, 4) is 11.1 Å². The highest BCUT2D eigenvalue weighted by atomic mass is 16.2. The van der Waals surface area contributed by atoms with E-state index in [1.54, 1.807) is 30.3 Å². The molecule has 0 saturated carbocycles. The Hall–Kier alpha value is -2.95. The van der Waals surface area contributed by atoms with Crippen LogP contribution in [0, 0.1) is 6.07 Å². The van der Waals surface area contributed by atoms with E-state index in [-0.39, 0.29) is 22.8 Å². The zero-order chi connectivity index (χ0) is 15.1. The second-order valence-corrected chi connectivity index (χ2v) is 4.78. The van der Waals surface area contributed by atoms with Gasteiger partial charge in [-0.3, -0.25) is 14.4 Å². The van der Waals surface area contributed by atoms with Crippen molar-refractivity contribution in [2.75, 3.05) is 5.32 Å². The first kappa shape index (κ1) is 13.1. The number of ketones is 1. The largest absolute Gasteiger partial charge is 0.366 e. The Balaban J connectivity index is 2.18. The SMILES string of the molecule is CC(=O)Nc1ccc2c(c1)C(=O)c1c(C(N)=O)[c]ccc1-2. The van der Waals surface area contributed by atoms with Crippen molar-refractivity contribution in [1.29, 1.82) is 0 Å². The first-order chi connectivity index (χ1) is 9.99. The van der Waals surface area contributed by atoms with E-state index in [9.17, 15) is 14.4 Å². The average molecular weight is 279 g/mol. The fourth-order valence-electron chi connectivity index (χ4n) is 2.54. The van der Waals surface area contributed by atoms with Crippen LogP contribution in [-0.2, 0) is 4.79 Å². The summed E-state index contributed by atoms with van der Waals surface area (Å²) >= 11 is 0. The summed E-state index contributed by atoms with van der Waals surface area (Å²) in [6.45, 7) is 1.39. The van der Waals surface area contributed by atoms with Gasteiger partial charge < -0.3 is 11.1 Å². The van der Waals surface area contributed by atoms with Gasteiger partial charge in [0, 0.05) is 23.7 Å². The van der Waals surface area contributed by atoms with Crippen LogP contribution in [0.3, 0.4) is 0 Å². The van der Waals surface area contributed by atoms with E-state index in [0.29, 0.717) is 16.8 Å². The molecule has 21 heavy (non-hydrogen) atoms. The van der Waals surface area contributed by atoms with E-state index in [0.717, 1.165) is 5.56 Å². The summed E-state index contributed by atoms with van der Waals surface area (Å²) in [5, 5.41) is 2.63. The van der Waals surface area contributed by atoms with Gasteiger partial charge in [-0.05, 0) is 29.3 Å². The maximum Gasteiger partial charge on any atom is 0.250 e. The summed E-state index contributed by atoms with van der Waals surface area (Å²) in [4.78, 5) is 35.1. The molecule has 1 aliphatic carbocycles. The number of carbonyl (C=O) groups is 3. The maximum absolute atomic E-state index is 12.5. The van der Waals surface area contributed by atoms with E-state index in [1.807, 2.05) is 0 Å². The molecule has 2 aromatic carbocycles. The summed E-state index contributed by atoms with van der Waals surface area (Å²) < 4.78 is 0. The Bertz CT molecular complexity index is 809. The number of hydrogen-bond donors (Lipinski definition) is 2. The number of carbonyl (C=O) groups excluding carboxylic acids is 3. The fourth-order valence-corrected chi connectivity index (χ4v) is 2.54. The summed E-state index contributed by atoms with van der Waals surface area (Å²) in [6.07, 6.45) is 0. The van der Waals surface area contributed by atoms with Crippen LogP contribution in [0.15, 0.2) is 30.3 Å². The third kappa shape index (κ3) is 1.99. The monoisotopic (exact) mass is 279 g/mol. The Morgan fingerprint density at radius 1 is 1.14 bits per heavy atom. The molecule has 0 aliphatic heterocycles. The van der Waals surface area contributed by atoms with Crippen LogP contribution in [-0.4, -0.2) is 17.6 Å². The molecule has 2 aromatic rings. The Labute approximate surface area is 120 Å². The van der Waals surface area contributed by atoms with Crippen LogP contribution in [0.1, 0.15) is 33.2 Å². The van der Waals surface area contributed by atoms with Gasteiger partial charge in [-0.15, -0.1) is 0 Å². The Morgan fingerprint density at radius 3 is 2.57 bits per heavy atom. The number of benzene rings is 2. The molecule has 1 aliphatic rings. The van der Waals surface area contributed by atoms with Gasteiger partial charge in [-0.2, -0.15) is 0 Å². The van der Waals surface area contributed by atoms with Crippen molar-refractivity contribution in [1.82, 2.24) is 0 Å². The summed E-state index contributed by atoms with van der Waals surface area (Å²) in [7, 11) is 0. The zero-order valence-corrected chi connectivity index (χ0v) is 11.2. The molecule has 0 bridgehead atoms. The lowest BCUT2D eigenvalue weighted by Gasteiger charge is -2.04. The molecule has 3 N–H and O–H groups in total. The lowest BCUT2D eigenvalue weighted by Crippen LogP contribution is -2.15. The molecule has 0 aromatic heterocycles. The van der Waals surface area contributed by atoms with E-state index < -0.39 is 5.91 Å². The van der Waals surface area contributed by atoms with Crippen molar-refractivity contribution in [3.63, 3.8) is 0 Å². The molecule has 3 rings (SSSR count). The van der Waals surface area contributed by atoms with Gasteiger partial charge in [0.05, 0.1) is 5.56 Å². The highest BCUT2D eigenvalue weighted by Gasteiger charge is 2.30. The first-order valence-electron chi connectivity index (χ1n) is 6.30. The minimum absolute atomic E-state index is 0.0924. The zero-order valence-electron chi connectivity index (χ0n) is 11.2. The molecule has 5 heteroatoms. The second-order valence-electron chi connectivity index (χ2n) is 4.78. The van der Waals surface area contributed by atoms with Crippen molar-refractivity contribution < 1.29 is 14.4 Å². The molecular formula is C16H11N2O3.